The zero-order chi connectivity index (χ0) is 12.8. The summed E-state index contributed by atoms with van der Waals surface area (Å²) in [4.78, 5) is 12.3. The van der Waals surface area contributed by atoms with Gasteiger partial charge in [0.1, 0.15) is 0 Å². The Morgan fingerprint density at radius 1 is 1.53 bits per heavy atom. The molecule has 0 aromatic rings. The summed E-state index contributed by atoms with van der Waals surface area (Å²) in [5, 5.41) is 10.8. The Labute approximate surface area is 104 Å². The van der Waals surface area contributed by atoms with Gasteiger partial charge in [-0.2, -0.15) is 0 Å². The maximum absolute atomic E-state index is 12.3. The van der Waals surface area contributed by atoms with Gasteiger partial charge in [-0.25, -0.2) is 0 Å². The molecule has 2 aliphatic carbocycles. The molecule has 2 aliphatic rings. The maximum Gasteiger partial charge on any atom is 0.161 e. The van der Waals surface area contributed by atoms with Crippen LogP contribution in [-0.2, 0) is 4.79 Å². The second-order valence-electron chi connectivity index (χ2n) is 6.37. The van der Waals surface area contributed by atoms with E-state index in [1.165, 1.54) is 0 Å². The number of hydrogen-bond donors (Lipinski definition) is 1. The lowest BCUT2D eigenvalue weighted by Crippen LogP contribution is -2.52. The van der Waals surface area contributed by atoms with Gasteiger partial charge in [0.05, 0.1) is 5.60 Å². The third kappa shape index (κ3) is 1.61. The Balaban J connectivity index is 2.40. The lowest BCUT2D eigenvalue weighted by Gasteiger charge is -2.50. The van der Waals surface area contributed by atoms with Crippen molar-refractivity contribution in [2.24, 2.45) is 17.3 Å². The zero-order valence-electron chi connectivity index (χ0n) is 11.4. The van der Waals surface area contributed by atoms with E-state index in [9.17, 15) is 9.90 Å². The number of ketones is 1. The number of aliphatic hydroxyl groups is 1. The summed E-state index contributed by atoms with van der Waals surface area (Å²) in [7, 11) is 0. The summed E-state index contributed by atoms with van der Waals surface area (Å²) < 4.78 is 0. The average Bonchev–Trinajstić information content (AvgIpc) is 2.53. The fourth-order valence-electron chi connectivity index (χ4n) is 3.69. The SMILES string of the molecule is CC(C)C(=O)C1=CC[C@@]2(O)CCC[C@@H](C)[C@]12C. The first-order chi connectivity index (χ1) is 7.83. The van der Waals surface area contributed by atoms with Gasteiger partial charge in [-0.05, 0) is 25.2 Å². The molecule has 2 rings (SSSR count). The lowest BCUT2D eigenvalue weighted by atomic mass is 9.57. The summed E-state index contributed by atoms with van der Waals surface area (Å²) in [6.07, 6.45) is 5.68. The van der Waals surface area contributed by atoms with Crippen LogP contribution in [0.1, 0.15) is 53.4 Å². The second-order valence-corrected chi connectivity index (χ2v) is 6.37. The van der Waals surface area contributed by atoms with Gasteiger partial charge in [0.2, 0.25) is 0 Å². The van der Waals surface area contributed by atoms with Crippen molar-refractivity contribution in [2.75, 3.05) is 0 Å². The minimum Gasteiger partial charge on any atom is -0.389 e. The van der Waals surface area contributed by atoms with Gasteiger partial charge >= 0.3 is 0 Å². The topological polar surface area (TPSA) is 37.3 Å². The van der Waals surface area contributed by atoms with Gasteiger partial charge in [0, 0.05) is 16.9 Å². The van der Waals surface area contributed by atoms with Gasteiger partial charge in [0.25, 0.3) is 0 Å². The molecule has 0 aromatic carbocycles. The summed E-state index contributed by atoms with van der Waals surface area (Å²) >= 11 is 0. The molecule has 96 valence electrons. The van der Waals surface area contributed by atoms with Crippen LogP contribution >= 0.6 is 0 Å². The first-order valence-electron chi connectivity index (χ1n) is 6.80. The molecule has 2 nitrogen and oxygen atoms in total. The van der Waals surface area contributed by atoms with E-state index in [1.54, 1.807) is 0 Å². The molecule has 0 aliphatic heterocycles. The van der Waals surface area contributed by atoms with E-state index < -0.39 is 5.60 Å². The first kappa shape index (κ1) is 12.8. The van der Waals surface area contributed by atoms with Crippen LogP contribution in [0.2, 0.25) is 0 Å². The molecular weight excluding hydrogens is 212 g/mol. The van der Waals surface area contributed by atoms with Gasteiger partial charge in [-0.15, -0.1) is 0 Å². The van der Waals surface area contributed by atoms with Gasteiger partial charge in [-0.3, -0.25) is 4.79 Å². The van der Waals surface area contributed by atoms with Crippen molar-refractivity contribution in [3.8, 4) is 0 Å². The molecule has 2 heteroatoms. The van der Waals surface area contributed by atoms with Crippen LogP contribution in [0.5, 0.6) is 0 Å². The van der Waals surface area contributed by atoms with Crippen molar-refractivity contribution in [3.05, 3.63) is 11.6 Å². The van der Waals surface area contributed by atoms with E-state index in [2.05, 4.69) is 13.8 Å². The second kappa shape index (κ2) is 3.94. The smallest absolute Gasteiger partial charge is 0.161 e. The number of fused-ring (bicyclic) bond motifs is 1. The highest BCUT2D eigenvalue weighted by Gasteiger charge is 2.58. The third-order valence-corrected chi connectivity index (χ3v) is 5.17. The molecule has 1 saturated carbocycles. The predicted molar refractivity (Wildman–Crippen MR) is 68.6 cm³/mol. The normalized spacial score (nSPS) is 41.3. The van der Waals surface area contributed by atoms with Crippen LogP contribution in [0, 0.1) is 17.3 Å². The highest BCUT2D eigenvalue weighted by molar-refractivity contribution is 5.98. The third-order valence-electron chi connectivity index (χ3n) is 5.17. The molecule has 3 atom stereocenters. The molecule has 0 radical (unpaired) electrons. The van der Waals surface area contributed by atoms with Crippen LogP contribution in [0.3, 0.4) is 0 Å². The number of rotatable bonds is 2. The highest BCUT2D eigenvalue weighted by Crippen LogP contribution is 2.58. The van der Waals surface area contributed by atoms with Gasteiger partial charge in [-0.1, -0.05) is 40.2 Å². The molecule has 1 N–H and O–H groups in total. The minimum absolute atomic E-state index is 0.0227. The van der Waals surface area contributed by atoms with Crippen LogP contribution < -0.4 is 0 Å². The molecular formula is C15H24O2. The van der Waals surface area contributed by atoms with E-state index in [4.69, 9.17) is 0 Å². The van der Waals surface area contributed by atoms with E-state index in [1.807, 2.05) is 19.9 Å². The molecule has 1 fully saturated rings. The van der Waals surface area contributed by atoms with E-state index in [0.717, 1.165) is 24.8 Å². The Hall–Kier alpha value is -0.630. The Kier molecular flexibility index (Phi) is 2.97. The lowest BCUT2D eigenvalue weighted by molar-refractivity contribution is -0.128. The van der Waals surface area contributed by atoms with Crippen LogP contribution in [0.25, 0.3) is 0 Å². The van der Waals surface area contributed by atoms with Crippen molar-refractivity contribution in [1.29, 1.82) is 0 Å². The number of carbonyl (C=O) groups excluding carboxylic acids is 1. The zero-order valence-corrected chi connectivity index (χ0v) is 11.4. The van der Waals surface area contributed by atoms with Crippen molar-refractivity contribution in [3.63, 3.8) is 0 Å². The quantitative estimate of drug-likeness (QED) is 0.800. The monoisotopic (exact) mass is 236 g/mol. The molecule has 0 saturated heterocycles. The largest absolute Gasteiger partial charge is 0.389 e. The molecule has 0 aromatic heterocycles. The molecule has 0 unspecified atom stereocenters. The van der Waals surface area contributed by atoms with Gasteiger partial charge in [0.15, 0.2) is 5.78 Å². The minimum atomic E-state index is -0.676. The standard InChI is InChI=1S/C15H24O2/c1-10(2)13(16)12-7-9-15(17)8-5-6-11(3)14(12,15)4/h7,10-11,17H,5-6,8-9H2,1-4H3/t11-,14-,15+/m1/s1. The average molecular weight is 236 g/mol. The summed E-state index contributed by atoms with van der Waals surface area (Å²) in [6.45, 7) is 8.15. The molecule has 0 spiro atoms. The Morgan fingerprint density at radius 3 is 2.76 bits per heavy atom. The van der Waals surface area contributed by atoms with E-state index in [-0.39, 0.29) is 17.1 Å². The first-order valence-corrected chi connectivity index (χ1v) is 6.80. The van der Waals surface area contributed by atoms with E-state index >= 15 is 0 Å². The number of carbonyl (C=O) groups is 1. The molecule has 17 heavy (non-hydrogen) atoms. The fourth-order valence-corrected chi connectivity index (χ4v) is 3.69. The Morgan fingerprint density at radius 2 is 2.18 bits per heavy atom. The predicted octanol–water partition coefficient (Wildman–Crippen LogP) is 3.10. The van der Waals surface area contributed by atoms with Crippen molar-refractivity contribution in [1.82, 2.24) is 0 Å². The van der Waals surface area contributed by atoms with E-state index in [0.29, 0.717) is 12.3 Å². The van der Waals surface area contributed by atoms with Gasteiger partial charge < -0.3 is 5.11 Å². The van der Waals surface area contributed by atoms with Crippen LogP contribution in [0.4, 0.5) is 0 Å². The number of Topliss-reactive ketones (excluding diaryl/α,β-unsaturated/α-hetero) is 1. The van der Waals surface area contributed by atoms with Crippen molar-refractivity contribution < 1.29 is 9.90 Å². The van der Waals surface area contributed by atoms with Crippen molar-refractivity contribution in [2.45, 2.75) is 59.0 Å². The number of hydrogen-bond acceptors (Lipinski definition) is 2. The molecule has 0 amide bonds. The molecule has 0 heterocycles. The van der Waals surface area contributed by atoms with Crippen molar-refractivity contribution >= 4 is 5.78 Å². The fraction of sp³-hybridized carbons (Fsp3) is 0.800. The van der Waals surface area contributed by atoms with Crippen LogP contribution in [-0.4, -0.2) is 16.5 Å². The summed E-state index contributed by atoms with van der Waals surface area (Å²) in [5.41, 5.74) is -0.112. The highest BCUT2D eigenvalue weighted by atomic mass is 16.3. The summed E-state index contributed by atoms with van der Waals surface area (Å²) in [5.74, 6) is 0.629. The Bertz CT molecular complexity index is 369. The van der Waals surface area contributed by atoms with Crippen LogP contribution in [0.15, 0.2) is 11.6 Å². The molecule has 0 bridgehead atoms. The summed E-state index contributed by atoms with van der Waals surface area (Å²) in [6, 6.07) is 0. The maximum atomic E-state index is 12.3.